The number of aryl methyl sites for hydroxylation is 1. The van der Waals surface area contributed by atoms with Crippen LogP contribution in [0.25, 0.3) is 0 Å². The molecule has 1 saturated heterocycles. The number of aromatic nitrogens is 1. The zero-order valence-electron chi connectivity index (χ0n) is 13.3. The number of hydrogen-bond acceptors (Lipinski definition) is 5. The first kappa shape index (κ1) is 16.3. The predicted molar refractivity (Wildman–Crippen MR) is 94.4 cm³/mol. The number of urea groups is 1. The number of rotatable bonds is 4. The summed E-state index contributed by atoms with van der Waals surface area (Å²) in [6, 6.07) is 7.35. The van der Waals surface area contributed by atoms with E-state index in [-0.39, 0.29) is 11.9 Å². The van der Waals surface area contributed by atoms with Crippen LogP contribution in [0.2, 0.25) is 0 Å². The fourth-order valence-electron chi connectivity index (χ4n) is 2.40. The fraction of sp³-hybridized carbons (Fsp3) is 0.312. The zero-order valence-corrected chi connectivity index (χ0v) is 14.2. The molecule has 24 heavy (non-hydrogen) atoms. The van der Waals surface area contributed by atoms with Crippen LogP contribution in [-0.2, 0) is 11.3 Å². The average molecular weight is 345 g/mol. The molecule has 0 unspecified atom stereocenters. The molecule has 1 aliphatic heterocycles. The highest BCUT2D eigenvalue weighted by Gasteiger charge is 2.17. The smallest absolute Gasteiger partial charge is 0.319 e. The maximum Gasteiger partial charge on any atom is 0.319 e. The lowest BCUT2D eigenvalue weighted by Crippen LogP contribution is -2.48. The van der Waals surface area contributed by atoms with Crippen molar-refractivity contribution in [3.63, 3.8) is 0 Å². The normalized spacial score (nSPS) is 14.2. The average Bonchev–Trinajstić information content (AvgIpc) is 2.99. The van der Waals surface area contributed by atoms with Crippen molar-refractivity contribution in [2.45, 2.75) is 13.5 Å². The van der Waals surface area contributed by atoms with E-state index in [1.165, 1.54) is 4.88 Å². The molecule has 3 amide bonds. The second kappa shape index (κ2) is 7.31. The number of hydrogen-bond donors (Lipinski definition) is 3. The third kappa shape index (κ3) is 4.23. The Morgan fingerprint density at radius 2 is 2.25 bits per heavy atom. The Hall–Kier alpha value is -2.61. The van der Waals surface area contributed by atoms with E-state index in [9.17, 15) is 9.59 Å². The molecule has 126 valence electrons. The molecule has 2 aromatic heterocycles. The highest BCUT2D eigenvalue weighted by molar-refractivity contribution is 7.11. The molecular weight excluding hydrogens is 326 g/mol. The first-order valence-corrected chi connectivity index (χ1v) is 8.50. The van der Waals surface area contributed by atoms with Crippen LogP contribution in [0.15, 0.2) is 30.5 Å². The minimum absolute atomic E-state index is 0.00607. The van der Waals surface area contributed by atoms with Crippen LogP contribution in [-0.4, -0.2) is 36.6 Å². The summed E-state index contributed by atoms with van der Waals surface area (Å²) in [6.07, 6.45) is 1.59. The van der Waals surface area contributed by atoms with Gasteiger partial charge in [0.1, 0.15) is 5.82 Å². The molecule has 3 rings (SSSR count). The Balaban J connectivity index is 1.51. The van der Waals surface area contributed by atoms with E-state index < -0.39 is 0 Å². The van der Waals surface area contributed by atoms with E-state index in [1.54, 1.807) is 29.7 Å². The topological polar surface area (TPSA) is 86.4 Å². The number of thiophene rings is 1. The number of piperazine rings is 1. The molecule has 0 spiro atoms. The molecule has 0 bridgehead atoms. The molecule has 0 radical (unpaired) electrons. The lowest BCUT2D eigenvalue weighted by atomic mass is 10.3. The molecule has 0 atom stereocenters. The molecule has 0 saturated carbocycles. The van der Waals surface area contributed by atoms with Gasteiger partial charge in [0.25, 0.3) is 0 Å². The lowest BCUT2D eigenvalue weighted by Gasteiger charge is -2.27. The van der Waals surface area contributed by atoms with Gasteiger partial charge < -0.3 is 20.9 Å². The molecule has 7 nitrogen and oxygen atoms in total. The van der Waals surface area contributed by atoms with Gasteiger partial charge in [-0.2, -0.15) is 0 Å². The molecular formula is C16H19N5O2S. The Kier molecular flexibility index (Phi) is 4.95. The Labute approximate surface area is 144 Å². The van der Waals surface area contributed by atoms with Gasteiger partial charge in [0, 0.05) is 22.8 Å². The molecule has 0 aliphatic carbocycles. The van der Waals surface area contributed by atoms with Crippen LogP contribution in [0.1, 0.15) is 9.75 Å². The molecule has 2 aromatic rings. The molecule has 1 fully saturated rings. The maximum atomic E-state index is 11.9. The SMILES string of the molecule is Cc1ccc(CNC(=O)Nc2ccc(N3CCNC(=O)C3)nc2)s1. The van der Waals surface area contributed by atoms with E-state index in [1.807, 2.05) is 24.0 Å². The van der Waals surface area contributed by atoms with Gasteiger partial charge in [-0.3, -0.25) is 4.79 Å². The summed E-state index contributed by atoms with van der Waals surface area (Å²) in [7, 11) is 0. The number of amides is 3. The van der Waals surface area contributed by atoms with Gasteiger partial charge in [-0.15, -0.1) is 11.3 Å². The predicted octanol–water partition coefficient (Wildman–Crippen LogP) is 1.71. The maximum absolute atomic E-state index is 11.9. The first-order chi connectivity index (χ1) is 11.6. The summed E-state index contributed by atoms with van der Waals surface area (Å²) >= 11 is 1.66. The number of pyridine rings is 1. The van der Waals surface area contributed by atoms with Crippen molar-refractivity contribution in [3.05, 3.63) is 40.2 Å². The Bertz CT molecular complexity index is 728. The van der Waals surface area contributed by atoms with Crippen LogP contribution in [0.5, 0.6) is 0 Å². The molecule has 1 aliphatic rings. The Morgan fingerprint density at radius 3 is 2.92 bits per heavy atom. The second-order valence-electron chi connectivity index (χ2n) is 5.50. The van der Waals surface area contributed by atoms with E-state index in [0.717, 1.165) is 17.2 Å². The third-order valence-electron chi connectivity index (χ3n) is 3.59. The Morgan fingerprint density at radius 1 is 1.38 bits per heavy atom. The molecule has 3 heterocycles. The van der Waals surface area contributed by atoms with E-state index in [2.05, 4.69) is 20.9 Å². The minimum atomic E-state index is -0.270. The summed E-state index contributed by atoms with van der Waals surface area (Å²) in [6.45, 7) is 4.18. The van der Waals surface area contributed by atoms with Crippen molar-refractivity contribution in [3.8, 4) is 0 Å². The summed E-state index contributed by atoms with van der Waals surface area (Å²) in [5.41, 5.74) is 0.611. The summed E-state index contributed by atoms with van der Waals surface area (Å²) in [5.74, 6) is 0.721. The van der Waals surface area contributed by atoms with Crippen LogP contribution in [0.3, 0.4) is 0 Å². The van der Waals surface area contributed by atoms with Crippen molar-refractivity contribution in [1.29, 1.82) is 0 Å². The zero-order chi connectivity index (χ0) is 16.9. The van der Waals surface area contributed by atoms with E-state index in [4.69, 9.17) is 0 Å². The van der Waals surface area contributed by atoms with Crippen molar-refractivity contribution >= 4 is 34.8 Å². The highest BCUT2D eigenvalue weighted by atomic mass is 32.1. The quantitative estimate of drug-likeness (QED) is 0.787. The summed E-state index contributed by atoms with van der Waals surface area (Å²) < 4.78 is 0. The minimum Gasteiger partial charge on any atom is -0.353 e. The fourth-order valence-corrected chi connectivity index (χ4v) is 3.23. The van der Waals surface area contributed by atoms with E-state index >= 15 is 0 Å². The van der Waals surface area contributed by atoms with Gasteiger partial charge in [0.05, 0.1) is 25.0 Å². The van der Waals surface area contributed by atoms with Crippen LogP contribution in [0.4, 0.5) is 16.3 Å². The van der Waals surface area contributed by atoms with Crippen molar-refractivity contribution in [2.75, 3.05) is 29.9 Å². The van der Waals surface area contributed by atoms with Gasteiger partial charge >= 0.3 is 6.03 Å². The number of nitrogens with one attached hydrogen (secondary N) is 3. The van der Waals surface area contributed by atoms with Crippen LogP contribution >= 0.6 is 11.3 Å². The number of anilines is 2. The molecule has 8 heteroatoms. The number of carbonyl (C=O) groups excluding carboxylic acids is 2. The van der Waals surface area contributed by atoms with Gasteiger partial charge in [0.2, 0.25) is 5.91 Å². The lowest BCUT2D eigenvalue weighted by molar-refractivity contribution is -0.120. The van der Waals surface area contributed by atoms with E-state index in [0.29, 0.717) is 25.3 Å². The second-order valence-corrected chi connectivity index (χ2v) is 6.87. The molecule has 3 N–H and O–H groups in total. The number of nitrogens with zero attached hydrogens (tertiary/aromatic N) is 2. The van der Waals surface area contributed by atoms with Crippen molar-refractivity contribution < 1.29 is 9.59 Å². The molecule has 0 aromatic carbocycles. The van der Waals surface area contributed by atoms with Gasteiger partial charge in [-0.1, -0.05) is 0 Å². The van der Waals surface area contributed by atoms with Crippen LogP contribution < -0.4 is 20.9 Å². The van der Waals surface area contributed by atoms with Gasteiger partial charge in [-0.25, -0.2) is 9.78 Å². The van der Waals surface area contributed by atoms with Gasteiger partial charge in [0.15, 0.2) is 0 Å². The van der Waals surface area contributed by atoms with Crippen molar-refractivity contribution in [2.24, 2.45) is 0 Å². The largest absolute Gasteiger partial charge is 0.353 e. The monoisotopic (exact) mass is 345 g/mol. The first-order valence-electron chi connectivity index (χ1n) is 7.68. The van der Waals surface area contributed by atoms with Crippen LogP contribution in [0, 0.1) is 6.92 Å². The summed E-state index contributed by atoms with van der Waals surface area (Å²) in [4.78, 5) is 31.9. The standard InChI is InChI=1S/C16H19N5O2S/c1-11-2-4-13(24-11)9-19-16(23)20-12-3-5-14(18-8-12)21-7-6-17-15(22)10-21/h2-5,8H,6-7,9-10H2,1H3,(H,17,22)(H2,19,20,23). The van der Waals surface area contributed by atoms with Gasteiger partial charge in [-0.05, 0) is 31.2 Å². The van der Waals surface area contributed by atoms with Crippen molar-refractivity contribution in [1.82, 2.24) is 15.6 Å². The third-order valence-corrected chi connectivity index (χ3v) is 4.59. The summed E-state index contributed by atoms with van der Waals surface area (Å²) in [5, 5.41) is 8.34. The number of carbonyl (C=O) groups is 2. The highest BCUT2D eigenvalue weighted by Crippen LogP contribution is 2.16.